The van der Waals surface area contributed by atoms with Crippen LogP contribution in [0.1, 0.15) is 15.9 Å². The second-order valence-corrected chi connectivity index (χ2v) is 6.49. The van der Waals surface area contributed by atoms with Crippen LogP contribution in [0.2, 0.25) is 0 Å². The van der Waals surface area contributed by atoms with Gasteiger partial charge >= 0.3 is 5.97 Å². The molecule has 0 aliphatic carbocycles. The smallest absolute Gasteiger partial charge is 0.331 e. The maximum Gasteiger partial charge on any atom is 0.331 e. The zero-order chi connectivity index (χ0) is 22.2. The molecule has 7 heteroatoms. The van der Waals surface area contributed by atoms with Crippen LogP contribution < -0.4 is 14.8 Å². The molecule has 0 atom stereocenters. The number of rotatable bonds is 7. The lowest BCUT2D eigenvalue weighted by Crippen LogP contribution is -2.34. The number of hydrogen-bond acceptors (Lipinski definition) is 6. The fourth-order valence-corrected chi connectivity index (χ4v) is 2.88. The second-order valence-electron chi connectivity index (χ2n) is 6.49. The van der Waals surface area contributed by atoms with Gasteiger partial charge < -0.3 is 14.2 Å². The summed E-state index contributed by atoms with van der Waals surface area (Å²) in [6.45, 7) is -0.582. The maximum atomic E-state index is 12.2. The Morgan fingerprint density at radius 2 is 1.65 bits per heavy atom. The SMILES string of the molecule is COc1ccc2cc(/C=C/C(=O)OCC(=O)NC(=O)c3ccccc3OC)ccc2c1. The van der Waals surface area contributed by atoms with Gasteiger partial charge in [-0.05, 0) is 52.7 Å². The van der Waals surface area contributed by atoms with E-state index in [0.717, 1.165) is 22.1 Å². The third-order valence-electron chi connectivity index (χ3n) is 4.43. The number of benzene rings is 3. The second kappa shape index (κ2) is 10.1. The van der Waals surface area contributed by atoms with Gasteiger partial charge in [0.15, 0.2) is 6.61 Å². The van der Waals surface area contributed by atoms with E-state index in [1.807, 2.05) is 36.4 Å². The predicted molar refractivity (Wildman–Crippen MR) is 116 cm³/mol. The Bertz CT molecular complexity index is 1150. The Balaban J connectivity index is 1.53. The minimum atomic E-state index is -0.739. The molecule has 3 aromatic rings. The molecule has 0 aliphatic heterocycles. The van der Waals surface area contributed by atoms with Crippen LogP contribution in [0, 0.1) is 0 Å². The van der Waals surface area contributed by atoms with Crippen LogP contribution in [-0.2, 0) is 14.3 Å². The highest BCUT2D eigenvalue weighted by Gasteiger charge is 2.15. The third-order valence-corrected chi connectivity index (χ3v) is 4.43. The Morgan fingerprint density at radius 3 is 2.42 bits per heavy atom. The van der Waals surface area contributed by atoms with Crippen molar-refractivity contribution in [3.05, 3.63) is 77.9 Å². The number of carbonyl (C=O) groups excluding carboxylic acids is 3. The number of ether oxygens (including phenoxy) is 3. The summed E-state index contributed by atoms with van der Waals surface area (Å²) >= 11 is 0. The number of amides is 2. The van der Waals surface area contributed by atoms with E-state index in [0.29, 0.717) is 5.75 Å². The van der Waals surface area contributed by atoms with Gasteiger partial charge in [0.1, 0.15) is 11.5 Å². The Hall–Kier alpha value is -4.13. The predicted octanol–water partition coefficient (Wildman–Crippen LogP) is 3.37. The molecule has 2 amide bonds. The highest BCUT2D eigenvalue weighted by molar-refractivity contribution is 6.06. The number of nitrogens with one attached hydrogen (secondary N) is 1. The fourth-order valence-electron chi connectivity index (χ4n) is 2.88. The first-order chi connectivity index (χ1) is 15.0. The summed E-state index contributed by atoms with van der Waals surface area (Å²) in [6, 6.07) is 17.9. The van der Waals surface area contributed by atoms with E-state index >= 15 is 0 Å². The monoisotopic (exact) mass is 419 g/mol. The van der Waals surface area contributed by atoms with Crippen LogP contribution in [0.25, 0.3) is 16.8 Å². The molecular formula is C24H21NO6. The Morgan fingerprint density at radius 1 is 0.903 bits per heavy atom. The first-order valence-corrected chi connectivity index (χ1v) is 9.40. The van der Waals surface area contributed by atoms with E-state index in [2.05, 4.69) is 5.32 Å². The molecule has 7 nitrogen and oxygen atoms in total. The van der Waals surface area contributed by atoms with Gasteiger partial charge in [-0.25, -0.2) is 4.79 Å². The van der Waals surface area contributed by atoms with E-state index in [9.17, 15) is 14.4 Å². The van der Waals surface area contributed by atoms with Crippen LogP contribution in [0.5, 0.6) is 11.5 Å². The van der Waals surface area contributed by atoms with Crippen molar-refractivity contribution in [2.75, 3.05) is 20.8 Å². The number of methoxy groups -OCH3 is 2. The van der Waals surface area contributed by atoms with Gasteiger partial charge in [0.2, 0.25) is 0 Å². The van der Waals surface area contributed by atoms with Crippen LogP contribution in [0.15, 0.2) is 66.7 Å². The zero-order valence-electron chi connectivity index (χ0n) is 17.1. The highest BCUT2D eigenvalue weighted by atomic mass is 16.5. The first-order valence-electron chi connectivity index (χ1n) is 9.40. The standard InChI is InChI=1S/C24H21NO6/c1-29-19-11-10-17-13-16(7-9-18(17)14-19)8-12-23(27)31-15-22(26)25-24(28)20-5-3-4-6-21(20)30-2/h3-14H,15H2,1-2H3,(H,25,26,28)/b12-8+. The fraction of sp³-hybridized carbons (Fsp3) is 0.125. The molecule has 1 N–H and O–H groups in total. The summed E-state index contributed by atoms with van der Waals surface area (Å²) in [5.74, 6) is -0.975. The lowest BCUT2D eigenvalue weighted by molar-refractivity contribution is -0.143. The van der Waals surface area contributed by atoms with Crippen molar-refractivity contribution in [2.24, 2.45) is 0 Å². The quantitative estimate of drug-likeness (QED) is 0.466. The van der Waals surface area contributed by atoms with Crippen LogP contribution in [0.4, 0.5) is 0 Å². The molecular weight excluding hydrogens is 398 g/mol. The summed E-state index contributed by atoms with van der Waals surface area (Å²) in [6.07, 6.45) is 2.81. The number of fused-ring (bicyclic) bond motifs is 1. The van der Waals surface area contributed by atoms with E-state index in [1.54, 1.807) is 31.4 Å². The van der Waals surface area contributed by atoms with Crippen LogP contribution in [0.3, 0.4) is 0 Å². The molecule has 0 spiro atoms. The number of carbonyl (C=O) groups is 3. The number of hydrogen-bond donors (Lipinski definition) is 1. The average molecular weight is 419 g/mol. The molecule has 0 bridgehead atoms. The van der Waals surface area contributed by atoms with Gasteiger partial charge in [0.05, 0.1) is 19.8 Å². The normalized spacial score (nSPS) is 10.6. The molecule has 3 aromatic carbocycles. The van der Waals surface area contributed by atoms with Crippen molar-refractivity contribution in [1.29, 1.82) is 0 Å². The largest absolute Gasteiger partial charge is 0.497 e. The van der Waals surface area contributed by atoms with E-state index in [4.69, 9.17) is 14.2 Å². The van der Waals surface area contributed by atoms with E-state index in [1.165, 1.54) is 19.3 Å². The molecule has 3 rings (SSSR count). The van der Waals surface area contributed by atoms with Crippen molar-refractivity contribution in [3.63, 3.8) is 0 Å². The summed E-state index contributed by atoms with van der Waals surface area (Å²) in [5.41, 5.74) is 1.00. The van der Waals surface area contributed by atoms with Gasteiger partial charge in [-0.15, -0.1) is 0 Å². The first kappa shape index (κ1) is 21.6. The summed E-state index contributed by atoms with van der Waals surface area (Å²) in [5, 5.41) is 4.16. The molecule has 0 aromatic heterocycles. The van der Waals surface area contributed by atoms with Gasteiger partial charge in [0, 0.05) is 6.08 Å². The average Bonchev–Trinajstić information content (AvgIpc) is 2.80. The summed E-state index contributed by atoms with van der Waals surface area (Å²) in [7, 11) is 3.03. The number of imide groups is 1. The summed E-state index contributed by atoms with van der Waals surface area (Å²) in [4.78, 5) is 36.0. The molecule has 0 fully saturated rings. The highest BCUT2D eigenvalue weighted by Crippen LogP contribution is 2.22. The molecule has 0 saturated carbocycles. The van der Waals surface area contributed by atoms with E-state index < -0.39 is 24.4 Å². The van der Waals surface area contributed by atoms with Gasteiger partial charge in [0.25, 0.3) is 11.8 Å². The topological polar surface area (TPSA) is 90.9 Å². The van der Waals surface area contributed by atoms with Crippen LogP contribution in [-0.4, -0.2) is 38.6 Å². The molecule has 31 heavy (non-hydrogen) atoms. The summed E-state index contributed by atoms with van der Waals surface area (Å²) < 4.78 is 15.2. The number of esters is 1. The molecule has 0 saturated heterocycles. The van der Waals surface area contributed by atoms with Crippen molar-refractivity contribution in [2.45, 2.75) is 0 Å². The third kappa shape index (κ3) is 5.70. The minimum absolute atomic E-state index is 0.207. The maximum absolute atomic E-state index is 12.2. The lowest BCUT2D eigenvalue weighted by Gasteiger charge is -2.08. The van der Waals surface area contributed by atoms with Gasteiger partial charge in [-0.2, -0.15) is 0 Å². The molecule has 0 heterocycles. The van der Waals surface area contributed by atoms with Crippen molar-refractivity contribution in [3.8, 4) is 11.5 Å². The number of para-hydroxylation sites is 1. The van der Waals surface area contributed by atoms with E-state index in [-0.39, 0.29) is 5.56 Å². The molecule has 0 aliphatic rings. The minimum Gasteiger partial charge on any atom is -0.497 e. The van der Waals surface area contributed by atoms with Gasteiger partial charge in [-0.3, -0.25) is 14.9 Å². The zero-order valence-corrected chi connectivity index (χ0v) is 17.1. The Kier molecular flexibility index (Phi) is 7.01. The molecule has 158 valence electrons. The van der Waals surface area contributed by atoms with Crippen molar-refractivity contribution >= 4 is 34.6 Å². The van der Waals surface area contributed by atoms with Crippen LogP contribution >= 0.6 is 0 Å². The van der Waals surface area contributed by atoms with Gasteiger partial charge in [-0.1, -0.05) is 30.3 Å². The molecule has 0 unspecified atom stereocenters. The Labute approximate surface area is 179 Å². The molecule has 0 radical (unpaired) electrons. The van der Waals surface area contributed by atoms with Crippen molar-refractivity contribution < 1.29 is 28.6 Å². The van der Waals surface area contributed by atoms with Crippen molar-refractivity contribution in [1.82, 2.24) is 5.32 Å². The lowest BCUT2D eigenvalue weighted by atomic mass is 10.1.